The van der Waals surface area contributed by atoms with E-state index in [0.29, 0.717) is 26.1 Å². The summed E-state index contributed by atoms with van der Waals surface area (Å²) < 4.78 is 36.5. The minimum absolute atomic E-state index is 0.110. The molecule has 0 amide bonds. The number of hydrogen-bond acceptors (Lipinski definition) is 5. The van der Waals surface area contributed by atoms with Crippen LogP contribution in [0.25, 0.3) is 0 Å². The van der Waals surface area contributed by atoms with Gasteiger partial charge in [-0.15, -0.1) is 0 Å². The highest BCUT2D eigenvalue weighted by Gasteiger charge is 2.22. The highest BCUT2D eigenvalue weighted by molar-refractivity contribution is 7.89. The monoisotopic (exact) mass is 315 g/mol. The minimum Gasteiger partial charge on any atom is -0.489 e. The molecule has 21 heavy (non-hydrogen) atoms. The predicted molar refractivity (Wildman–Crippen MR) is 74.1 cm³/mol. The summed E-state index contributed by atoms with van der Waals surface area (Å²) >= 11 is 0. The van der Waals surface area contributed by atoms with Crippen molar-refractivity contribution in [3.8, 4) is 5.75 Å². The number of aromatic carboxylic acids is 1. The van der Waals surface area contributed by atoms with E-state index in [-0.39, 0.29) is 22.3 Å². The lowest BCUT2D eigenvalue weighted by Crippen LogP contribution is -2.26. The summed E-state index contributed by atoms with van der Waals surface area (Å²) in [4.78, 5) is 11.2. The Hall–Kier alpha value is -1.64. The Morgan fingerprint density at radius 1 is 1.38 bits per heavy atom. The zero-order valence-electron chi connectivity index (χ0n) is 11.5. The van der Waals surface area contributed by atoms with Crippen molar-refractivity contribution in [1.82, 2.24) is 4.72 Å². The van der Waals surface area contributed by atoms with Crippen LogP contribution in [-0.2, 0) is 14.8 Å². The van der Waals surface area contributed by atoms with Gasteiger partial charge in [-0.2, -0.15) is 0 Å². The molecular formula is C13H17NO6S. The number of carbonyl (C=O) groups is 1. The van der Waals surface area contributed by atoms with Crippen LogP contribution >= 0.6 is 0 Å². The third kappa shape index (κ3) is 3.72. The smallest absolute Gasteiger partial charge is 0.339 e. The van der Waals surface area contributed by atoms with Gasteiger partial charge in [-0.05, 0) is 25.2 Å². The van der Waals surface area contributed by atoms with Crippen molar-refractivity contribution in [1.29, 1.82) is 0 Å². The summed E-state index contributed by atoms with van der Waals surface area (Å²) in [6.45, 7) is 1.14. The average Bonchev–Trinajstić information content (AvgIpc) is 2.48. The number of carboxylic acids is 1. The summed E-state index contributed by atoms with van der Waals surface area (Å²) in [6.07, 6.45) is 1.23. The number of sulfonamides is 1. The van der Waals surface area contributed by atoms with E-state index in [1.54, 1.807) is 0 Å². The number of benzene rings is 1. The molecule has 0 radical (unpaired) electrons. The van der Waals surface area contributed by atoms with Crippen LogP contribution in [0.2, 0.25) is 0 Å². The van der Waals surface area contributed by atoms with Crippen LogP contribution in [0.3, 0.4) is 0 Å². The van der Waals surface area contributed by atoms with Crippen molar-refractivity contribution < 1.29 is 27.8 Å². The van der Waals surface area contributed by atoms with Crippen molar-refractivity contribution >= 4 is 16.0 Å². The first-order valence-electron chi connectivity index (χ1n) is 6.49. The molecule has 0 aliphatic carbocycles. The van der Waals surface area contributed by atoms with E-state index in [0.717, 1.165) is 6.07 Å². The van der Waals surface area contributed by atoms with Crippen LogP contribution in [0.15, 0.2) is 23.1 Å². The zero-order chi connectivity index (χ0) is 15.5. The number of nitrogens with one attached hydrogen (secondary N) is 1. The topological polar surface area (TPSA) is 102 Å². The van der Waals surface area contributed by atoms with Gasteiger partial charge in [0.2, 0.25) is 10.0 Å². The summed E-state index contributed by atoms with van der Waals surface area (Å²) in [5, 5.41) is 9.24. The summed E-state index contributed by atoms with van der Waals surface area (Å²) in [5.74, 6) is -1.06. The molecule has 0 bridgehead atoms. The van der Waals surface area contributed by atoms with Gasteiger partial charge in [0.15, 0.2) is 0 Å². The quantitative estimate of drug-likeness (QED) is 0.835. The first-order chi connectivity index (χ1) is 9.94. The fourth-order valence-electron chi connectivity index (χ4n) is 2.04. The Labute approximate surface area is 122 Å². The van der Waals surface area contributed by atoms with Gasteiger partial charge in [0.25, 0.3) is 0 Å². The van der Waals surface area contributed by atoms with Gasteiger partial charge in [0, 0.05) is 12.8 Å². The normalized spacial score (nSPS) is 16.6. The molecule has 2 rings (SSSR count). The third-order valence-corrected chi connectivity index (χ3v) is 4.63. The molecule has 0 unspecified atom stereocenters. The summed E-state index contributed by atoms with van der Waals surface area (Å²) in [6, 6.07) is 3.80. The summed E-state index contributed by atoms with van der Waals surface area (Å²) in [7, 11) is -2.43. The second kappa shape index (κ2) is 6.42. The van der Waals surface area contributed by atoms with Crippen molar-refractivity contribution in [2.75, 3.05) is 20.3 Å². The molecule has 1 aromatic carbocycles. The van der Waals surface area contributed by atoms with Gasteiger partial charge < -0.3 is 14.6 Å². The van der Waals surface area contributed by atoms with Crippen LogP contribution in [0.5, 0.6) is 5.75 Å². The Morgan fingerprint density at radius 3 is 2.62 bits per heavy atom. The SMILES string of the molecule is CNS(=O)(=O)c1ccc(OC2CCOCC2)c(C(=O)O)c1. The molecule has 1 saturated heterocycles. The number of rotatable bonds is 5. The Kier molecular flexibility index (Phi) is 4.81. The number of ether oxygens (including phenoxy) is 2. The van der Waals surface area contributed by atoms with Crippen molar-refractivity contribution in [3.05, 3.63) is 23.8 Å². The molecular weight excluding hydrogens is 298 g/mol. The average molecular weight is 315 g/mol. The van der Waals surface area contributed by atoms with Gasteiger partial charge in [0.1, 0.15) is 17.4 Å². The fourth-order valence-corrected chi connectivity index (χ4v) is 2.79. The molecule has 0 saturated carbocycles. The zero-order valence-corrected chi connectivity index (χ0v) is 12.4. The van der Waals surface area contributed by atoms with E-state index in [9.17, 15) is 18.3 Å². The van der Waals surface area contributed by atoms with E-state index in [2.05, 4.69) is 4.72 Å². The van der Waals surface area contributed by atoms with Crippen LogP contribution < -0.4 is 9.46 Å². The highest BCUT2D eigenvalue weighted by Crippen LogP contribution is 2.25. The minimum atomic E-state index is -3.69. The molecule has 1 aliphatic heterocycles. The number of carboxylic acid groups (broad SMARTS) is 1. The van der Waals surface area contributed by atoms with Gasteiger partial charge >= 0.3 is 5.97 Å². The second-order valence-corrected chi connectivity index (χ2v) is 6.49. The van der Waals surface area contributed by atoms with Crippen molar-refractivity contribution in [3.63, 3.8) is 0 Å². The maximum absolute atomic E-state index is 11.7. The summed E-state index contributed by atoms with van der Waals surface area (Å²) in [5.41, 5.74) is -0.169. The van der Waals surface area contributed by atoms with Crippen LogP contribution in [-0.4, -0.2) is 45.9 Å². The van der Waals surface area contributed by atoms with Gasteiger partial charge in [-0.1, -0.05) is 0 Å². The Morgan fingerprint density at radius 2 is 2.05 bits per heavy atom. The molecule has 0 spiro atoms. The molecule has 7 nitrogen and oxygen atoms in total. The molecule has 116 valence electrons. The molecule has 1 fully saturated rings. The van der Waals surface area contributed by atoms with Crippen LogP contribution in [0.4, 0.5) is 0 Å². The fraction of sp³-hybridized carbons (Fsp3) is 0.462. The maximum Gasteiger partial charge on any atom is 0.339 e. The molecule has 1 heterocycles. The van der Waals surface area contributed by atoms with E-state index < -0.39 is 16.0 Å². The van der Waals surface area contributed by atoms with Crippen molar-refractivity contribution in [2.24, 2.45) is 0 Å². The Bertz CT molecular complexity index is 622. The molecule has 8 heteroatoms. The number of hydrogen-bond donors (Lipinski definition) is 2. The first-order valence-corrected chi connectivity index (χ1v) is 7.97. The molecule has 2 N–H and O–H groups in total. The van der Waals surface area contributed by atoms with E-state index >= 15 is 0 Å². The molecule has 0 atom stereocenters. The van der Waals surface area contributed by atoms with Crippen LogP contribution in [0.1, 0.15) is 23.2 Å². The van der Waals surface area contributed by atoms with Gasteiger partial charge in [-0.3, -0.25) is 0 Å². The molecule has 1 aromatic rings. The van der Waals surface area contributed by atoms with Gasteiger partial charge in [-0.25, -0.2) is 17.9 Å². The van der Waals surface area contributed by atoms with E-state index in [1.165, 1.54) is 19.2 Å². The van der Waals surface area contributed by atoms with E-state index in [4.69, 9.17) is 9.47 Å². The van der Waals surface area contributed by atoms with E-state index in [1.807, 2.05) is 0 Å². The molecule has 0 aromatic heterocycles. The standard InChI is InChI=1S/C13H17NO6S/c1-14-21(17,18)10-2-3-12(11(8-10)13(15)16)20-9-4-6-19-7-5-9/h2-3,8-9,14H,4-7H2,1H3,(H,15,16). The first kappa shape index (κ1) is 15.7. The second-order valence-electron chi connectivity index (χ2n) is 4.60. The lowest BCUT2D eigenvalue weighted by Gasteiger charge is -2.24. The molecule has 1 aliphatic rings. The van der Waals surface area contributed by atoms with Gasteiger partial charge in [0.05, 0.1) is 18.1 Å². The Balaban J connectivity index is 2.31. The lowest BCUT2D eigenvalue weighted by atomic mass is 10.1. The highest BCUT2D eigenvalue weighted by atomic mass is 32.2. The maximum atomic E-state index is 11.7. The lowest BCUT2D eigenvalue weighted by molar-refractivity contribution is 0.0248. The van der Waals surface area contributed by atoms with Crippen molar-refractivity contribution in [2.45, 2.75) is 23.8 Å². The largest absolute Gasteiger partial charge is 0.489 e. The predicted octanol–water partition coefficient (Wildman–Crippen LogP) is 0.851. The third-order valence-electron chi connectivity index (χ3n) is 3.22. The van der Waals surface area contributed by atoms with Crippen LogP contribution in [0, 0.1) is 0 Å².